The Labute approximate surface area is 125 Å². The predicted octanol–water partition coefficient (Wildman–Crippen LogP) is 3.57. The largest absolute Gasteiger partial charge is 0.331 e. The second-order valence-electron chi connectivity index (χ2n) is 5.51. The zero-order valence-electron chi connectivity index (χ0n) is 12.6. The first-order valence-electron chi connectivity index (χ1n) is 7.43. The van der Waals surface area contributed by atoms with E-state index < -0.39 is 0 Å². The Morgan fingerprint density at radius 3 is 2.71 bits per heavy atom. The van der Waals surface area contributed by atoms with Gasteiger partial charge in [-0.25, -0.2) is 4.98 Å². The fraction of sp³-hybridized carbons (Fsp3) is 0.278. The number of aryl methyl sites for hydroxylation is 1. The Morgan fingerprint density at radius 2 is 1.95 bits per heavy atom. The maximum Gasteiger partial charge on any atom is 0.114 e. The average Bonchev–Trinajstić information content (AvgIpc) is 2.83. The SMILES string of the molecule is CCC(N)c1cccc(Cc2nc3ccccc3n2C)c1. The molecule has 0 aliphatic carbocycles. The summed E-state index contributed by atoms with van der Waals surface area (Å²) >= 11 is 0. The number of hydrogen-bond donors (Lipinski definition) is 1. The van der Waals surface area contributed by atoms with Crippen LogP contribution in [0.4, 0.5) is 0 Å². The van der Waals surface area contributed by atoms with Crippen LogP contribution in [0.5, 0.6) is 0 Å². The number of rotatable bonds is 4. The molecular weight excluding hydrogens is 258 g/mol. The molecule has 0 saturated carbocycles. The van der Waals surface area contributed by atoms with Crippen LogP contribution in [0.1, 0.15) is 36.3 Å². The van der Waals surface area contributed by atoms with Gasteiger partial charge in [0.05, 0.1) is 11.0 Å². The van der Waals surface area contributed by atoms with Gasteiger partial charge in [0, 0.05) is 19.5 Å². The second kappa shape index (κ2) is 5.70. The van der Waals surface area contributed by atoms with Crippen molar-refractivity contribution in [2.45, 2.75) is 25.8 Å². The molecule has 0 spiro atoms. The molecule has 108 valence electrons. The van der Waals surface area contributed by atoms with Crippen molar-refractivity contribution in [2.24, 2.45) is 12.8 Å². The molecule has 1 aromatic heterocycles. The van der Waals surface area contributed by atoms with E-state index in [0.29, 0.717) is 0 Å². The van der Waals surface area contributed by atoms with Gasteiger partial charge in [0.15, 0.2) is 0 Å². The van der Waals surface area contributed by atoms with E-state index in [-0.39, 0.29) is 6.04 Å². The average molecular weight is 279 g/mol. The van der Waals surface area contributed by atoms with Crippen LogP contribution in [0.15, 0.2) is 48.5 Å². The summed E-state index contributed by atoms with van der Waals surface area (Å²) in [4.78, 5) is 4.73. The number of benzene rings is 2. The molecule has 0 radical (unpaired) electrons. The van der Waals surface area contributed by atoms with Gasteiger partial charge in [0.25, 0.3) is 0 Å². The van der Waals surface area contributed by atoms with Crippen LogP contribution in [0, 0.1) is 0 Å². The summed E-state index contributed by atoms with van der Waals surface area (Å²) in [6.07, 6.45) is 1.78. The third-order valence-corrected chi connectivity index (χ3v) is 4.06. The first kappa shape index (κ1) is 13.8. The van der Waals surface area contributed by atoms with E-state index in [0.717, 1.165) is 24.2 Å². The number of fused-ring (bicyclic) bond motifs is 1. The molecule has 0 fully saturated rings. The maximum atomic E-state index is 6.13. The van der Waals surface area contributed by atoms with Crippen LogP contribution >= 0.6 is 0 Å². The van der Waals surface area contributed by atoms with Crippen molar-refractivity contribution in [2.75, 3.05) is 0 Å². The smallest absolute Gasteiger partial charge is 0.114 e. The third-order valence-electron chi connectivity index (χ3n) is 4.06. The van der Waals surface area contributed by atoms with Gasteiger partial charge >= 0.3 is 0 Å². The molecule has 21 heavy (non-hydrogen) atoms. The van der Waals surface area contributed by atoms with Crippen molar-refractivity contribution in [1.82, 2.24) is 9.55 Å². The van der Waals surface area contributed by atoms with Crippen molar-refractivity contribution < 1.29 is 0 Å². The Balaban J connectivity index is 1.93. The van der Waals surface area contributed by atoms with Crippen LogP contribution < -0.4 is 5.73 Å². The van der Waals surface area contributed by atoms with Crippen LogP contribution in [0.2, 0.25) is 0 Å². The minimum atomic E-state index is 0.116. The van der Waals surface area contributed by atoms with E-state index >= 15 is 0 Å². The monoisotopic (exact) mass is 279 g/mol. The van der Waals surface area contributed by atoms with Crippen molar-refractivity contribution in [3.63, 3.8) is 0 Å². The summed E-state index contributed by atoms with van der Waals surface area (Å²) in [5.74, 6) is 1.08. The quantitative estimate of drug-likeness (QED) is 0.793. The lowest BCUT2D eigenvalue weighted by Gasteiger charge is -2.11. The fourth-order valence-corrected chi connectivity index (χ4v) is 2.71. The fourth-order valence-electron chi connectivity index (χ4n) is 2.71. The summed E-state index contributed by atoms with van der Waals surface area (Å²) in [5.41, 5.74) is 10.8. The lowest BCUT2D eigenvalue weighted by Crippen LogP contribution is -2.09. The van der Waals surface area contributed by atoms with Crippen molar-refractivity contribution in [3.05, 3.63) is 65.5 Å². The summed E-state index contributed by atoms with van der Waals surface area (Å²) in [6.45, 7) is 2.11. The molecule has 3 aromatic rings. The van der Waals surface area contributed by atoms with E-state index in [1.165, 1.54) is 16.6 Å². The summed E-state index contributed by atoms with van der Waals surface area (Å²) in [7, 11) is 2.08. The number of imidazole rings is 1. The minimum Gasteiger partial charge on any atom is -0.331 e. The van der Waals surface area contributed by atoms with Crippen LogP contribution in [0.25, 0.3) is 11.0 Å². The van der Waals surface area contributed by atoms with E-state index in [9.17, 15) is 0 Å². The van der Waals surface area contributed by atoms with E-state index in [1.807, 2.05) is 6.07 Å². The first-order chi connectivity index (χ1) is 10.2. The Kier molecular flexibility index (Phi) is 3.76. The second-order valence-corrected chi connectivity index (χ2v) is 5.51. The van der Waals surface area contributed by atoms with Gasteiger partial charge in [0.1, 0.15) is 5.82 Å². The molecule has 0 aliphatic heterocycles. The van der Waals surface area contributed by atoms with E-state index in [4.69, 9.17) is 10.7 Å². The molecule has 2 N–H and O–H groups in total. The highest BCUT2D eigenvalue weighted by Crippen LogP contribution is 2.19. The lowest BCUT2D eigenvalue weighted by molar-refractivity contribution is 0.697. The maximum absolute atomic E-state index is 6.13. The molecule has 3 heteroatoms. The molecule has 0 bridgehead atoms. The van der Waals surface area contributed by atoms with Crippen molar-refractivity contribution in [1.29, 1.82) is 0 Å². The third kappa shape index (κ3) is 2.69. The molecule has 1 atom stereocenters. The van der Waals surface area contributed by atoms with Gasteiger partial charge in [-0.3, -0.25) is 0 Å². The van der Waals surface area contributed by atoms with Gasteiger partial charge in [-0.05, 0) is 29.7 Å². The number of aromatic nitrogens is 2. The van der Waals surface area contributed by atoms with Crippen molar-refractivity contribution >= 4 is 11.0 Å². The Hall–Kier alpha value is -2.13. The summed E-state index contributed by atoms with van der Waals surface area (Å²) < 4.78 is 2.17. The van der Waals surface area contributed by atoms with Crippen molar-refractivity contribution in [3.8, 4) is 0 Å². The molecule has 3 rings (SSSR count). The van der Waals surface area contributed by atoms with Crippen LogP contribution in [0.3, 0.4) is 0 Å². The highest BCUT2D eigenvalue weighted by Gasteiger charge is 2.09. The van der Waals surface area contributed by atoms with Gasteiger partial charge in [0.2, 0.25) is 0 Å². The molecular formula is C18H21N3. The molecule has 0 amide bonds. The minimum absolute atomic E-state index is 0.116. The molecule has 1 heterocycles. The Bertz CT molecular complexity index is 758. The van der Waals surface area contributed by atoms with Crippen LogP contribution in [-0.4, -0.2) is 9.55 Å². The number of hydrogen-bond acceptors (Lipinski definition) is 2. The summed E-state index contributed by atoms with van der Waals surface area (Å²) in [5, 5.41) is 0. The molecule has 0 saturated heterocycles. The van der Waals surface area contributed by atoms with E-state index in [1.54, 1.807) is 0 Å². The van der Waals surface area contributed by atoms with Gasteiger partial charge in [-0.15, -0.1) is 0 Å². The molecule has 3 nitrogen and oxygen atoms in total. The van der Waals surface area contributed by atoms with Gasteiger partial charge in [-0.1, -0.05) is 43.3 Å². The predicted molar refractivity (Wildman–Crippen MR) is 87.2 cm³/mol. The van der Waals surface area contributed by atoms with Gasteiger partial charge < -0.3 is 10.3 Å². The first-order valence-corrected chi connectivity index (χ1v) is 7.43. The number of para-hydroxylation sites is 2. The van der Waals surface area contributed by atoms with E-state index in [2.05, 4.69) is 61.0 Å². The highest BCUT2D eigenvalue weighted by molar-refractivity contribution is 5.75. The molecule has 1 unspecified atom stereocenters. The molecule has 0 aliphatic rings. The standard InChI is InChI=1S/C18H21N3/c1-3-15(19)14-8-6-7-13(11-14)12-18-20-16-9-4-5-10-17(16)21(18)2/h4-11,15H,3,12,19H2,1-2H3. The van der Waals surface area contributed by atoms with Crippen LogP contribution in [-0.2, 0) is 13.5 Å². The van der Waals surface area contributed by atoms with Gasteiger partial charge in [-0.2, -0.15) is 0 Å². The Morgan fingerprint density at radius 1 is 1.14 bits per heavy atom. The lowest BCUT2D eigenvalue weighted by atomic mass is 10.0. The zero-order chi connectivity index (χ0) is 14.8. The highest BCUT2D eigenvalue weighted by atomic mass is 15.1. The molecule has 2 aromatic carbocycles. The number of nitrogens with zero attached hydrogens (tertiary/aromatic N) is 2. The topological polar surface area (TPSA) is 43.8 Å². The normalized spacial score (nSPS) is 12.7. The summed E-state index contributed by atoms with van der Waals surface area (Å²) in [6, 6.07) is 16.9. The number of nitrogens with two attached hydrogens (primary N) is 1. The zero-order valence-corrected chi connectivity index (χ0v) is 12.6.